The van der Waals surface area contributed by atoms with Crippen LogP contribution in [0.1, 0.15) is 39.0 Å². The van der Waals surface area contributed by atoms with Gasteiger partial charge in [-0.2, -0.15) is 0 Å². The van der Waals surface area contributed by atoms with Crippen LogP contribution in [0.2, 0.25) is 0 Å². The molecule has 122 valence electrons. The molecule has 5 heteroatoms. The Morgan fingerprint density at radius 3 is 2.62 bits per heavy atom. The summed E-state index contributed by atoms with van der Waals surface area (Å²) in [5.41, 5.74) is 0. The molecule has 1 N–H and O–H groups in total. The van der Waals surface area contributed by atoms with E-state index in [2.05, 4.69) is 17.1 Å². The van der Waals surface area contributed by atoms with E-state index in [1.807, 2.05) is 19.0 Å². The molecule has 0 spiro atoms. The Morgan fingerprint density at radius 2 is 2.00 bits per heavy atom. The first-order chi connectivity index (χ1) is 10.1. The lowest BCUT2D eigenvalue weighted by molar-refractivity contribution is -0.131. The molecule has 1 heterocycles. The molecule has 0 aromatic carbocycles. The van der Waals surface area contributed by atoms with E-state index in [4.69, 9.17) is 4.74 Å². The average molecular weight is 297 g/mol. The summed E-state index contributed by atoms with van der Waals surface area (Å²) in [6.45, 7) is 5.10. The molecule has 0 bridgehead atoms. The van der Waals surface area contributed by atoms with Crippen molar-refractivity contribution in [1.82, 2.24) is 15.1 Å². The Balaban J connectivity index is 1.82. The Bertz CT molecular complexity index is 329. The lowest BCUT2D eigenvalue weighted by Gasteiger charge is -2.29. The van der Waals surface area contributed by atoms with Gasteiger partial charge in [0.15, 0.2) is 0 Å². The van der Waals surface area contributed by atoms with Crippen molar-refractivity contribution in [2.45, 2.75) is 51.2 Å². The van der Waals surface area contributed by atoms with E-state index in [-0.39, 0.29) is 18.1 Å². The number of rotatable bonds is 8. The topological polar surface area (TPSA) is 44.8 Å². The lowest BCUT2D eigenvalue weighted by Crippen LogP contribution is -2.44. The number of hydrogen-bond donors (Lipinski definition) is 1. The molecule has 21 heavy (non-hydrogen) atoms. The van der Waals surface area contributed by atoms with E-state index in [0.717, 1.165) is 26.1 Å². The first kappa shape index (κ1) is 16.7. The fourth-order valence-corrected chi connectivity index (χ4v) is 3.42. The number of nitrogens with zero attached hydrogens (tertiary/aromatic N) is 2. The molecule has 1 saturated carbocycles. The summed E-state index contributed by atoms with van der Waals surface area (Å²) in [6, 6.07) is 0.0115. The van der Waals surface area contributed by atoms with E-state index in [1.54, 1.807) is 0 Å². The Hall–Kier alpha value is -0.650. The molecule has 2 aliphatic rings. The van der Waals surface area contributed by atoms with Gasteiger partial charge in [-0.25, -0.2) is 0 Å². The molecule has 0 radical (unpaired) electrons. The smallest absolute Gasteiger partial charge is 0.241 e. The minimum absolute atomic E-state index is 0.0115. The van der Waals surface area contributed by atoms with Crippen molar-refractivity contribution >= 4 is 5.91 Å². The molecular weight excluding hydrogens is 266 g/mol. The fraction of sp³-hybridized carbons (Fsp3) is 0.938. The summed E-state index contributed by atoms with van der Waals surface area (Å²) in [4.78, 5) is 16.6. The van der Waals surface area contributed by atoms with Gasteiger partial charge in [0.2, 0.25) is 5.91 Å². The second kappa shape index (κ2) is 8.11. The van der Waals surface area contributed by atoms with Crippen LogP contribution in [-0.2, 0) is 9.53 Å². The van der Waals surface area contributed by atoms with Crippen LogP contribution in [-0.4, -0.2) is 68.3 Å². The quantitative estimate of drug-likeness (QED) is 0.686. The van der Waals surface area contributed by atoms with Gasteiger partial charge in [0.05, 0.1) is 25.4 Å². The van der Waals surface area contributed by atoms with E-state index in [1.165, 1.54) is 25.7 Å². The molecule has 1 aliphatic heterocycles. The van der Waals surface area contributed by atoms with Gasteiger partial charge >= 0.3 is 0 Å². The average Bonchev–Trinajstić information content (AvgIpc) is 3.07. The van der Waals surface area contributed by atoms with Crippen molar-refractivity contribution in [1.29, 1.82) is 0 Å². The molecule has 2 atom stereocenters. The maximum Gasteiger partial charge on any atom is 0.241 e. The second-order valence-electron chi connectivity index (χ2n) is 6.56. The standard InChI is InChI=1S/C16H31N3O2/c1-4-14-16(20)19(10-12-21-11-9-18(2)3)15(17-14)13-7-5-6-8-13/h13-15,17H,4-12H2,1-3H3. The molecule has 1 saturated heterocycles. The molecule has 5 nitrogen and oxygen atoms in total. The largest absolute Gasteiger partial charge is 0.378 e. The number of ether oxygens (including phenoxy) is 1. The summed E-state index contributed by atoms with van der Waals surface area (Å²) in [5.74, 6) is 0.901. The summed E-state index contributed by atoms with van der Waals surface area (Å²) in [5, 5.41) is 3.55. The van der Waals surface area contributed by atoms with Gasteiger partial charge in [0.25, 0.3) is 0 Å². The van der Waals surface area contributed by atoms with Crippen LogP contribution in [0.15, 0.2) is 0 Å². The molecule has 1 amide bonds. The third kappa shape index (κ3) is 4.41. The van der Waals surface area contributed by atoms with Gasteiger partial charge in [0.1, 0.15) is 0 Å². The lowest BCUT2D eigenvalue weighted by atomic mass is 10.0. The fourth-order valence-electron chi connectivity index (χ4n) is 3.42. The number of carbonyl (C=O) groups excluding carboxylic acids is 1. The van der Waals surface area contributed by atoms with Gasteiger partial charge in [-0.15, -0.1) is 0 Å². The van der Waals surface area contributed by atoms with Crippen molar-refractivity contribution in [2.24, 2.45) is 5.92 Å². The zero-order chi connectivity index (χ0) is 15.2. The molecule has 0 aromatic rings. The molecule has 2 rings (SSSR count). The van der Waals surface area contributed by atoms with Crippen molar-refractivity contribution in [2.75, 3.05) is 40.4 Å². The predicted molar refractivity (Wildman–Crippen MR) is 84.0 cm³/mol. The van der Waals surface area contributed by atoms with Gasteiger partial charge in [-0.3, -0.25) is 10.1 Å². The number of hydrogen-bond acceptors (Lipinski definition) is 4. The summed E-state index contributed by atoms with van der Waals surface area (Å²) < 4.78 is 5.67. The van der Waals surface area contributed by atoms with Crippen molar-refractivity contribution in [3.05, 3.63) is 0 Å². The monoisotopic (exact) mass is 297 g/mol. The zero-order valence-corrected chi connectivity index (χ0v) is 13.8. The van der Waals surface area contributed by atoms with Crippen molar-refractivity contribution in [3.8, 4) is 0 Å². The van der Waals surface area contributed by atoms with Gasteiger partial charge in [0, 0.05) is 13.1 Å². The number of nitrogens with one attached hydrogen (secondary N) is 1. The van der Waals surface area contributed by atoms with E-state index < -0.39 is 0 Å². The molecule has 2 unspecified atom stereocenters. The normalized spacial score (nSPS) is 27.2. The van der Waals surface area contributed by atoms with Gasteiger partial charge < -0.3 is 14.5 Å². The minimum atomic E-state index is 0.0115. The first-order valence-electron chi connectivity index (χ1n) is 8.42. The third-order valence-corrected chi connectivity index (χ3v) is 4.70. The molecule has 0 aromatic heterocycles. The van der Waals surface area contributed by atoms with Gasteiger partial charge in [-0.1, -0.05) is 19.8 Å². The van der Waals surface area contributed by atoms with Crippen LogP contribution in [0.4, 0.5) is 0 Å². The van der Waals surface area contributed by atoms with Crippen LogP contribution >= 0.6 is 0 Å². The van der Waals surface area contributed by atoms with Crippen LogP contribution in [0.25, 0.3) is 0 Å². The number of amides is 1. The van der Waals surface area contributed by atoms with E-state index in [0.29, 0.717) is 12.5 Å². The van der Waals surface area contributed by atoms with Crippen LogP contribution < -0.4 is 5.32 Å². The zero-order valence-electron chi connectivity index (χ0n) is 13.8. The summed E-state index contributed by atoms with van der Waals surface area (Å²) >= 11 is 0. The Labute approximate surface area is 129 Å². The Kier molecular flexibility index (Phi) is 6.45. The van der Waals surface area contributed by atoms with Crippen LogP contribution in [0.3, 0.4) is 0 Å². The highest BCUT2D eigenvalue weighted by Gasteiger charge is 2.41. The Morgan fingerprint density at radius 1 is 1.29 bits per heavy atom. The van der Waals surface area contributed by atoms with Crippen LogP contribution in [0.5, 0.6) is 0 Å². The molecule has 1 aliphatic carbocycles. The van der Waals surface area contributed by atoms with Crippen molar-refractivity contribution in [3.63, 3.8) is 0 Å². The highest BCUT2D eigenvalue weighted by molar-refractivity contribution is 5.84. The minimum Gasteiger partial charge on any atom is -0.378 e. The highest BCUT2D eigenvalue weighted by Crippen LogP contribution is 2.32. The van der Waals surface area contributed by atoms with E-state index >= 15 is 0 Å². The number of carbonyl (C=O) groups is 1. The van der Waals surface area contributed by atoms with Crippen molar-refractivity contribution < 1.29 is 9.53 Å². The first-order valence-corrected chi connectivity index (χ1v) is 8.42. The summed E-state index contributed by atoms with van der Waals surface area (Å²) in [7, 11) is 4.08. The second-order valence-corrected chi connectivity index (χ2v) is 6.56. The van der Waals surface area contributed by atoms with Gasteiger partial charge in [-0.05, 0) is 39.3 Å². The maximum absolute atomic E-state index is 12.5. The number of likely N-dealkylation sites (N-methyl/N-ethyl adjacent to an activating group) is 1. The molecular formula is C16H31N3O2. The molecule has 2 fully saturated rings. The summed E-state index contributed by atoms with van der Waals surface area (Å²) in [6.07, 6.45) is 6.23. The van der Waals surface area contributed by atoms with E-state index in [9.17, 15) is 4.79 Å². The highest BCUT2D eigenvalue weighted by atomic mass is 16.5. The third-order valence-electron chi connectivity index (χ3n) is 4.70. The SMILES string of the molecule is CCC1NC(C2CCCC2)N(CCOCCN(C)C)C1=O. The predicted octanol–water partition coefficient (Wildman–Crippen LogP) is 1.29. The maximum atomic E-state index is 12.5. The van der Waals surface area contributed by atoms with Crippen LogP contribution in [0, 0.1) is 5.92 Å².